The van der Waals surface area contributed by atoms with Crippen LogP contribution in [-0.4, -0.2) is 16.5 Å². The number of hydrogen-bond acceptors (Lipinski definition) is 1. The lowest BCUT2D eigenvalue weighted by molar-refractivity contribution is 0.0929. The van der Waals surface area contributed by atoms with E-state index in [1.807, 2.05) is 24.4 Å². The van der Waals surface area contributed by atoms with E-state index < -0.39 is 0 Å². The summed E-state index contributed by atoms with van der Waals surface area (Å²) in [5.41, 5.74) is 4.28. The summed E-state index contributed by atoms with van der Waals surface area (Å²) in [6, 6.07) is 14.8. The molecule has 30 heavy (non-hydrogen) atoms. The highest BCUT2D eigenvalue weighted by atomic mass is 35.5. The number of fused-ring (bicyclic) bond motifs is 1. The summed E-state index contributed by atoms with van der Waals surface area (Å²) in [6.07, 6.45) is 7.84. The summed E-state index contributed by atoms with van der Waals surface area (Å²) >= 11 is 6.47. The van der Waals surface area contributed by atoms with Gasteiger partial charge in [0.1, 0.15) is 0 Å². The number of rotatable bonds is 4. The predicted molar refractivity (Wildman–Crippen MR) is 126 cm³/mol. The van der Waals surface area contributed by atoms with Crippen molar-refractivity contribution in [3.05, 3.63) is 70.4 Å². The first-order chi connectivity index (χ1) is 14.3. The lowest BCUT2D eigenvalue weighted by atomic mass is 9.87. The van der Waals surface area contributed by atoms with Crippen LogP contribution in [-0.2, 0) is 12.0 Å². The number of carbonyl (C=O) groups excluding carboxylic acids is 1. The highest BCUT2D eigenvalue weighted by Crippen LogP contribution is 2.29. The van der Waals surface area contributed by atoms with Crippen LogP contribution < -0.4 is 5.32 Å². The van der Waals surface area contributed by atoms with Gasteiger partial charge in [-0.25, -0.2) is 0 Å². The Kier molecular flexibility index (Phi) is 5.92. The van der Waals surface area contributed by atoms with E-state index in [9.17, 15) is 4.79 Å². The molecule has 1 amide bonds. The fourth-order valence-electron chi connectivity index (χ4n) is 4.42. The minimum absolute atomic E-state index is 0.00611. The van der Waals surface area contributed by atoms with Gasteiger partial charge < -0.3 is 9.88 Å². The second-order valence-corrected chi connectivity index (χ2v) is 9.96. The molecule has 4 heteroatoms. The molecule has 3 nitrogen and oxygen atoms in total. The molecule has 1 saturated carbocycles. The van der Waals surface area contributed by atoms with Gasteiger partial charge in [0, 0.05) is 29.2 Å². The zero-order valence-corrected chi connectivity index (χ0v) is 18.9. The third-order valence-corrected chi connectivity index (χ3v) is 6.56. The van der Waals surface area contributed by atoms with Crippen LogP contribution in [0.5, 0.6) is 0 Å². The van der Waals surface area contributed by atoms with Gasteiger partial charge in [0.25, 0.3) is 5.91 Å². The van der Waals surface area contributed by atoms with E-state index >= 15 is 0 Å². The fourth-order valence-corrected chi connectivity index (χ4v) is 4.64. The number of hydrogen-bond donors (Lipinski definition) is 1. The standard InChI is InChI=1S/C26H31ClN2O/c1-26(2,3)19-11-9-18(10-12-19)17-29-16-15-21-23(27)14-13-22(24(21)29)25(30)28-20-7-5-4-6-8-20/h9-16,20H,4-8,17H2,1-3H3,(H,28,30). The first-order valence-electron chi connectivity index (χ1n) is 11.0. The third kappa shape index (κ3) is 4.41. The number of halogens is 1. The molecule has 1 N–H and O–H groups in total. The van der Waals surface area contributed by atoms with Crippen LogP contribution in [0.1, 0.15) is 74.4 Å². The molecule has 0 spiro atoms. The number of nitrogens with one attached hydrogen (secondary N) is 1. The van der Waals surface area contributed by atoms with Crippen LogP contribution in [0.4, 0.5) is 0 Å². The van der Waals surface area contributed by atoms with E-state index in [-0.39, 0.29) is 17.4 Å². The molecule has 4 rings (SSSR count). The van der Waals surface area contributed by atoms with Crippen molar-refractivity contribution in [1.82, 2.24) is 9.88 Å². The van der Waals surface area contributed by atoms with E-state index in [0.29, 0.717) is 17.1 Å². The summed E-state index contributed by atoms with van der Waals surface area (Å²) < 4.78 is 2.14. The maximum atomic E-state index is 13.1. The van der Waals surface area contributed by atoms with Gasteiger partial charge in [-0.05, 0) is 47.6 Å². The summed E-state index contributed by atoms with van der Waals surface area (Å²) in [6.45, 7) is 7.37. The molecule has 3 aromatic rings. The molecule has 0 unspecified atom stereocenters. The van der Waals surface area contributed by atoms with E-state index in [4.69, 9.17) is 11.6 Å². The normalized spacial score (nSPS) is 15.5. The molecule has 2 aromatic carbocycles. The molecule has 1 fully saturated rings. The molecule has 0 atom stereocenters. The molecule has 158 valence electrons. The van der Waals surface area contributed by atoms with Crippen molar-refractivity contribution in [1.29, 1.82) is 0 Å². The smallest absolute Gasteiger partial charge is 0.253 e. The fraction of sp³-hybridized carbons (Fsp3) is 0.423. The molecule has 0 aliphatic heterocycles. The number of amides is 1. The zero-order chi connectivity index (χ0) is 21.3. The van der Waals surface area contributed by atoms with Gasteiger partial charge in [0.05, 0.1) is 11.1 Å². The second kappa shape index (κ2) is 8.47. The Morgan fingerprint density at radius 2 is 1.73 bits per heavy atom. The Labute approximate surface area is 184 Å². The quantitative estimate of drug-likeness (QED) is 0.498. The number of carbonyl (C=O) groups is 1. The van der Waals surface area contributed by atoms with Crippen LogP contribution in [0.3, 0.4) is 0 Å². The molecule has 1 heterocycles. The van der Waals surface area contributed by atoms with E-state index in [0.717, 1.165) is 23.7 Å². The molecular formula is C26H31ClN2O. The summed E-state index contributed by atoms with van der Waals surface area (Å²) in [7, 11) is 0. The first kappa shape index (κ1) is 21.0. The lowest BCUT2D eigenvalue weighted by Crippen LogP contribution is -2.36. The first-order valence-corrected chi connectivity index (χ1v) is 11.4. The monoisotopic (exact) mass is 422 g/mol. The molecular weight excluding hydrogens is 392 g/mol. The molecule has 1 aliphatic rings. The minimum atomic E-state index is 0.00611. The van der Waals surface area contributed by atoms with E-state index in [1.54, 1.807) is 0 Å². The van der Waals surface area contributed by atoms with Gasteiger partial charge in [-0.3, -0.25) is 4.79 Å². The van der Waals surface area contributed by atoms with Crippen molar-refractivity contribution in [2.75, 3.05) is 0 Å². The van der Waals surface area contributed by atoms with Gasteiger partial charge in [-0.1, -0.05) is 75.9 Å². The number of benzene rings is 2. The van der Waals surface area contributed by atoms with Gasteiger partial charge in [0.2, 0.25) is 0 Å². The molecule has 1 aliphatic carbocycles. The molecule has 0 radical (unpaired) electrons. The Hall–Kier alpha value is -2.26. The SMILES string of the molecule is CC(C)(C)c1ccc(Cn2ccc3c(Cl)ccc(C(=O)NC4CCCCC4)c32)cc1. The number of aromatic nitrogens is 1. The van der Waals surface area contributed by atoms with Crippen molar-refractivity contribution >= 4 is 28.4 Å². The topological polar surface area (TPSA) is 34.0 Å². The highest BCUT2D eigenvalue weighted by molar-refractivity contribution is 6.36. The number of nitrogens with zero attached hydrogens (tertiary/aromatic N) is 1. The third-order valence-electron chi connectivity index (χ3n) is 6.23. The van der Waals surface area contributed by atoms with Crippen molar-refractivity contribution < 1.29 is 4.79 Å². The summed E-state index contributed by atoms with van der Waals surface area (Å²) in [4.78, 5) is 13.1. The van der Waals surface area contributed by atoms with E-state index in [2.05, 4.69) is 54.9 Å². The Morgan fingerprint density at radius 3 is 2.40 bits per heavy atom. The lowest BCUT2D eigenvalue weighted by Gasteiger charge is -2.23. The van der Waals surface area contributed by atoms with Gasteiger partial charge >= 0.3 is 0 Å². The average Bonchev–Trinajstić information content (AvgIpc) is 3.13. The molecule has 0 saturated heterocycles. The average molecular weight is 423 g/mol. The maximum absolute atomic E-state index is 13.1. The summed E-state index contributed by atoms with van der Waals surface area (Å²) in [5, 5.41) is 4.87. The Bertz CT molecular complexity index is 1040. The van der Waals surface area contributed by atoms with Crippen molar-refractivity contribution in [2.45, 2.75) is 70.9 Å². The Morgan fingerprint density at radius 1 is 1.03 bits per heavy atom. The summed E-state index contributed by atoms with van der Waals surface area (Å²) in [5.74, 6) is 0.00611. The van der Waals surface area contributed by atoms with Crippen molar-refractivity contribution in [3.63, 3.8) is 0 Å². The highest BCUT2D eigenvalue weighted by Gasteiger charge is 2.20. The van der Waals surface area contributed by atoms with Crippen LogP contribution in [0, 0.1) is 0 Å². The largest absolute Gasteiger partial charge is 0.349 e. The minimum Gasteiger partial charge on any atom is -0.349 e. The van der Waals surface area contributed by atoms with E-state index in [1.165, 1.54) is 30.4 Å². The van der Waals surface area contributed by atoms with Crippen LogP contribution in [0.15, 0.2) is 48.7 Å². The molecule has 1 aromatic heterocycles. The zero-order valence-electron chi connectivity index (χ0n) is 18.2. The van der Waals surface area contributed by atoms with Crippen LogP contribution >= 0.6 is 11.6 Å². The van der Waals surface area contributed by atoms with Crippen LogP contribution in [0.25, 0.3) is 10.9 Å². The van der Waals surface area contributed by atoms with Crippen LogP contribution in [0.2, 0.25) is 5.02 Å². The van der Waals surface area contributed by atoms with Gasteiger partial charge in [-0.2, -0.15) is 0 Å². The van der Waals surface area contributed by atoms with Crippen molar-refractivity contribution in [3.8, 4) is 0 Å². The molecule has 0 bridgehead atoms. The predicted octanol–water partition coefficient (Wildman–Crippen LogP) is 6.70. The van der Waals surface area contributed by atoms with Gasteiger partial charge in [-0.15, -0.1) is 0 Å². The van der Waals surface area contributed by atoms with Crippen molar-refractivity contribution in [2.24, 2.45) is 0 Å². The second-order valence-electron chi connectivity index (χ2n) is 9.56. The van der Waals surface area contributed by atoms with Gasteiger partial charge in [0.15, 0.2) is 0 Å². The maximum Gasteiger partial charge on any atom is 0.253 e. The Balaban J connectivity index is 1.64.